The van der Waals surface area contributed by atoms with Gasteiger partial charge in [0.1, 0.15) is 0 Å². The summed E-state index contributed by atoms with van der Waals surface area (Å²) in [5, 5.41) is 8.63. The van der Waals surface area contributed by atoms with Gasteiger partial charge >= 0.3 is 0 Å². The highest BCUT2D eigenvalue weighted by atomic mass is 35.5. The molecule has 5 nitrogen and oxygen atoms in total. The fraction of sp³-hybridized carbons (Fsp3) is 0.412. The van der Waals surface area contributed by atoms with Crippen LogP contribution in [0.25, 0.3) is 0 Å². The van der Waals surface area contributed by atoms with Crippen LogP contribution in [0.5, 0.6) is 0 Å². The van der Waals surface area contributed by atoms with Crippen LogP contribution < -0.4 is 5.32 Å². The second kappa shape index (κ2) is 8.94. The van der Waals surface area contributed by atoms with Gasteiger partial charge in [0, 0.05) is 39.9 Å². The molecule has 0 aliphatic carbocycles. The summed E-state index contributed by atoms with van der Waals surface area (Å²) in [6.07, 6.45) is 4.76. The Bertz CT molecular complexity index is 696. The van der Waals surface area contributed by atoms with Gasteiger partial charge in [0.25, 0.3) is 0 Å². The van der Waals surface area contributed by atoms with Gasteiger partial charge in [-0.1, -0.05) is 29.3 Å². The first-order valence-electron chi connectivity index (χ1n) is 7.90. The number of halogens is 2. The quantitative estimate of drug-likeness (QED) is 0.628. The Morgan fingerprint density at radius 2 is 2.08 bits per heavy atom. The van der Waals surface area contributed by atoms with Gasteiger partial charge in [-0.25, -0.2) is 0 Å². The Kier molecular flexibility index (Phi) is 6.94. The second-order valence-electron chi connectivity index (χ2n) is 5.61. The predicted molar refractivity (Wildman–Crippen MR) is 101 cm³/mol. The minimum atomic E-state index is 0.570. The molecule has 0 saturated carbocycles. The lowest BCUT2D eigenvalue weighted by atomic mass is 10.2. The molecule has 7 heteroatoms. The number of rotatable bonds is 6. The maximum Gasteiger partial charge on any atom is 0.193 e. The summed E-state index contributed by atoms with van der Waals surface area (Å²) in [5.74, 6) is 0.868. The van der Waals surface area contributed by atoms with Gasteiger partial charge in [0.05, 0.1) is 16.2 Å². The van der Waals surface area contributed by atoms with E-state index in [-0.39, 0.29) is 0 Å². The summed E-state index contributed by atoms with van der Waals surface area (Å²) < 4.78 is 1.81. The molecular weight excluding hydrogens is 345 g/mol. The molecule has 0 unspecified atom stereocenters. The number of nitrogens with one attached hydrogen (secondary N) is 1. The van der Waals surface area contributed by atoms with E-state index in [1.54, 1.807) is 4.68 Å². The molecular formula is C17H23Cl2N5. The van der Waals surface area contributed by atoms with Crippen LogP contribution >= 0.6 is 23.2 Å². The van der Waals surface area contributed by atoms with Gasteiger partial charge in [-0.2, -0.15) is 5.10 Å². The van der Waals surface area contributed by atoms with E-state index in [0.29, 0.717) is 23.1 Å². The molecule has 0 aliphatic heterocycles. The number of aryl methyl sites for hydroxylation is 1. The predicted octanol–water partition coefficient (Wildman–Crippen LogP) is 3.37. The Labute approximate surface area is 153 Å². The zero-order chi connectivity index (χ0) is 17.5. The number of hydrogen-bond acceptors (Lipinski definition) is 2. The van der Waals surface area contributed by atoms with Gasteiger partial charge in [0.2, 0.25) is 0 Å². The molecule has 2 rings (SSSR count). The Morgan fingerprint density at radius 3 is 2.71 bits per heavy atom. The van der Waals surface area contributed by atoms with E-state index in [9.17, 15) is 0 Å². The lowest BCUT2D eigenvalue weighted by Gasteiger charge is -2.22. The van der Waals surface area contributed by atoms with Gasteiger partial charge in [-0.15, -0.1) is 0 Å². The maximum atomic E-state index is 6.09. The van der Waals surface area contributed by atoms with Crippen molar-refractivity contribution in [3.63, 3.8) is 0 Å². The van der Waals surface area contributed by atoms with Gasteiger partial charge in [-0.05, 0) is 36.6 Å². The van der Waals surface area contributed by atoms with Crippen molar-refractivity contribution >= 4 is 29.2 Å². The molecule has 2 aromatic rings. The Morgan fingerprint density at radius 1 is 1.29 bits per heavy atom. The summed E-state index contributed by atoms with van der Waals surface area (Å²) >= 11 is 12.1. The molecule has 130 valence electrons. The molecule has 0 amide bonds. The fourth-order valence-electron chi connectivity index (χ4n) is 2.35. The zero-order valence-electron chi connectivity index (χ0n) is 14.3. The number of hydrogen-bond donors (Lipinski definition) is 1. The first-order chi connectivity index (χ1) is 11.5. The van der Waals surface area contributed by atoms with Crippen molar-refractivity contribution in [3.8, 4) is 0 Å². The molecule has 0 bridgehead atoms. The van der Waals surface area contributed by atoms with Crippen LogP contribution in [0.1, 0.15) is 18.1 Å². The third kappa shape index (κ3) is 5.42. The van der Waals surface area contributed by atoms with E-state index in [0.717, 1.165) is 24.5 Å². The minimum absolute atomic E-state index is 0.570. The molecule has 1 aromatic carbocycles. The van der Waals surface area contributed by atoms with E-state index < -0.39 is 0 Å². The standard InChI is InChI=1S/C17H23Cl2N5/c1-4-20-17(21-8-7-14-10-22-24(3)12-14)23(2)11-13-5-6-15(18)16(19)9-13/h5-6,9-10,12H,4,7-8,11H2,1-3H3,(H,20,21). The molecule has 0 spiro atoms. The summed E-state index contributed by atoms with van der Waals surface area (Å²) in [4.78, 5) is 6.77. The van der Waals surface area contributed by atoms with Gasteiger partial charge < -0.3 is 10.2 Å². The number of aliphatic imine (C=N–C) groups is 1. The second-order valence-corrected chi connectivity index (χ2v) is 6.43. The molecule has 0 aliphatic rings. The monoisotopic (exact) mass is 367 g/mol. The van der Waals surface area contributed by atoms with Crippen molar-refractivity contribution in [1.29, 1.82) is 0 Å². The Balaban J connectivity index is 1.99. The van der Waals surface area contributed by atoms with Crippen LogP contribution in [0.3, 0.4) is 0 Å². The summed E-state index contributed by atoms with van der Waals surface area (Å²) in [7, 11) is 3.93. The fourth-order valence-corrected chi connectivity index (χ4v) is 2.67. The van der Waals surface area contributed by atoms with E-state index in [4.69, 9.17) is 23.2 Å². The zero-order valence-corrected chi connectivity index (χ0v) is 15.8. The maximum absolute atomic E-state index is 6.09. The van der Waals surface area contributed by atoms with Crippen LogP contribution in [0.4, 0.5) is 0 Å². The van der Waals surface area contributed by atoms with Crippen LogP contribution in [0.2, 0.25) is 10.0 Å². The lowest BCUT2D eigenvalue weighted by molar-refractivity contribution is 0.477. The number of guanidine groups is 1. The van der Waals surface area contributed by atoms with E-state index in [1.165, 1.54) is 5.56 Å². The first kappa shape index (κ1) is 18.6. The smallest absolute Gasteiger partial charge is 0.193 e. The van der Waals surface area contributed by atoms with E-state index >= 15 is 0 Å². The molecule has 0 atom stereocenters. The third-order valence-electron chi connectivity index (χ3n) is 3.52. The van der Waals surface area contributed by atoms with Crippen molar-refractivity contribution in [3.05, 3.63) is 51.8 Å². The topological polar surface area (TPSA) is 45.5 Å². The van der Waals surface area contributed by atoms with Crippen molar-refractivity contribution in [1.82, 2.24) is 20.0 Å². The third-order valence-corrected chi connectivity index (χ3v) is 4.26. The highest BCUT2D eigenvalue weighted by Gasteiger charge is 2.08. The summed E-state index contributed by atoms with van der Waals surface area (Å²) in [6.45, 7) is 4.29. The molecule has 0 saturated heterocycles. The molecule has 1 heterocycles. The van der Waals surface area contributed by atoms with Crippen LogP contribution in [0.15, 0.2) is 35.6 Å². The largest absolute Gasteiger partial charge is 0.357 e. The van der Waals surface area contributed by atoms with Crippen molar-refractivity contribution in [2.45, 2.75) is 19.9 Å². The normalized spacial score (nSPS) is 11.6. The molecule has 24 heavy (non-hydrogen) atoms. The average Bonchev–Trinajstić information content (AvgIpc) is 2.95. The molecule has 0 fully saturated rings. The molecule has 1 N–H and O–H groups in total. The minimum Gasteiger partial charge on any atom is -0.357 e. The highest BCUT2D eigenvalue weighted by molar-refractivity contribution is 6.42. The lowest BCUT2D eigenvalue weighted by Crippen LogP contribution is -2.38. The van der Waals surface area contributed by atoms with E-state index in [2.05, 4.69) is 27.2 Å². The number of aromatic nitrogens is 2. The van der Waals surface area contributed by atoms with Gasteiger partial charge in [0.15, 0.2) is 5.96 Å². The Hall–Kier alpha value is -1.72. The first-order valence-corrected chi connectivity index (χ1v) is 8.66. The SMILES string of the molecule is CCNC(=NCCc1cnn(C)c1)N(C)Cc1ccc(Cl)c(Cl)c1. The average molecular weight is 368 g/mol. The van der Waals surface area contributed by atoms with Gasteiger partial charge in [-0.3, -0.25) is 9.67 Å². The van der Waals surface area contributed by atoms with E-state index in [1.807, 2.05) is 44.7 Å². The molecule has 0 radical (unpaired) electrons. The van der Waals surface area contributed by atoms with Crippen LogP contribution in [-0.4, -0.2) is 40.8 Å². The number of nitrogens with zero attached hydrogens (tertiary/aromatic N) is 4. The highest BCUT2D eigenvalue weighted by Crippen LogP contribution is 2.23. The molecule has 1 aromatic heterocycles. The van der Waals surface area contributed by atoms with Crippen molar-refractivity contribution in [2.75, 3.05) is 20.1 Å². The van der Waals surface area contributed by atoms with Crippen LogP contribution in [0, 0.1) is 0 Å². The van der Waals surface area contributed by atoms with Crippen molar-refractivity contribution in [2.24, 2.45) is 12.0 Å². The van der Waals surface area contributed by atoms with Crippen molar-refractivity contribution < 1.29 is 0 Å². The summed E-state index contributed by atoms with van der Waals surface area (Å²) in [5.41, 5.74) is 2.27. The summed E-state index contributed by atoms with van der Waals surface area (Å²) in [6, 6.07) is 5.68. The van der Waals surface area contributed by atoms with Crippen LogP contribution in [-0.2, 0) is 20.0 Å². The number of benzene rings is 1.